The number of pyridine rings is 1. The van der Waals surface area contributed by atoms with Crippen LogP contribution in [-0.2, 0) is 14.3 Å². The van der Waals surface area contributed by atoms with Gasteiger partial charge in [-0.05, 0) is 63.3 Å². The first-order valence-corrected chi connectivity index (χ1v) is 17.7. The molecule has 1 saturated carbocycles. The van der Waals surface area contributed by atoms with Crippen LogP contribution in [0.15, 0.2) is 60.3 Å². The SMILES string of the molecule is C/C(=C\C=C\[C@@H](C)c1ccccn1)[C@H]1OC(=O)C[C@H](O)CC[C@@](C)(O)[C@@H](OC(=O)N2CC3(C2)CN(C2CCCCCC2)C3)/C=C\[C@@H]1C. The van der Waals surface area contributed by atoms with Gasteiger partial charge in [0.25, 0.3) is 0 Å². The van der Waals surface area contributed by atoms with Gasteiger partial charge >= 0.3 is 12.1 Å². The van der Waals surface area contributed by atoms with Gasteiger partial charge in [-0.3, -0.25) is 14.7 Å². The summed E-state index contributed by atoms with van der Waals surface area (Å²) in [5, 5.41) is 22.1. The van der Waals surface area contributed by atoms with Crippen molar-refractivity contribution in [3.8, 4) is 0 Å². The fourth-order valence-electron chi connectivity index (χ4n) is 7.64. The van der Waals surface area contributed by atoms with Crippen LogP contribution in [0.25, 0.3) is 0 Å². The lowest BCUT2D eigenvalue weighted by atomic mass is 9.72. The number of carbonyl (C=O) groups is 2. The van der Waals surface area contributed by atoms with Crippen molar-refractivity contribution in [3.05, 3.63) is 66.0 Å². The lowest BCUT2D eigenvalue weighted by Crippen LogP contribution is -2.74. The van der Waals surface area contributed by atoms with Gasteiger partial charge in [-0.2, -0.15) is 0 Å². The van der Waals surface area contributed by atoms with Crippen LogP contribution in [0.4, 0.5) is 4.79 Å². The fraction of sp³-hybridized carbons (Fsp3) is 0.658. The standard InChI is InChI=1S/C38H55N3O6/c1-27(32-16-9-10-21-39-32)12-11-13-28(2)35-29(3)17-18-33(37(4,45)20-19-31(42)22-34(43)47-35)46-36(44)41-25-38(26-41)23-40(24-38)30-14-7-5-6-8-15-30/h9-13,16-18,21,27,29-31,33,35,42,45H,5-8,14-15,19-20,22-26H2,1-4H3/b12-11+,18-17-,28-13+/t27-,29+,31-,33+,35-,37-/m1/s1. The Morgan fingerprint density at radius 1 is 1.11 bits per heavy atom. The Balaban J connectivity index is 1.23. The molecule has 1 aliphatic carbocycles. The lowest BCUT2D eigenvalue weighted by molar-refractivity contribution is -0.151. The fourth-order valence-corrected chi connectivity index (χ4v) is 7.64. The largest absolute Gasteiger partial charge is 0.457 e. The normalized spacial score (nSPS) is 32.7. The van der Waals surface area contributed by atoms with E-state index in [4.69, 9.17) is 9.47 Å². The maximum atomic E-state index is 13.4. The van der Waals surface area contributed by atoms with E-state index in [1.807, 2.05) is 56.4 Å². The summed E-state index contributed by atoms with van der Waals surface area (Å²) in [7, 11) is 0. The highest BCUT2D eigenvalue weighted by molar-refractivity contribution is 5.71. The Hall–Kier alpha value is -3.01. The summed E-state index contributed by atoms with van der Waals surface area (Å²) in [6.45, 7) is 11.0. The van der Waals surface area contributed by atoms with Gasteiger partial charge in [0.15, 0.2) is 6.10 Å². The van der Waals surface area contributed by atoms with E-state index >= 15 is 0 Å². The quantitative estimate of drug-likeness (QED) is 0.169. The monoisotopic (exact) mass is 649 g/mol. The molecular weight excluding hydrogens is 594 g/mol. The van der Waals surface area contributed by atoms with Crippen LogP contribution in [-0.4, -0.2) is 93.2 Å². The highest BCUT2D eigenvalue weighted by Gasteiger charge is 2.55. The average molecular weight is 650 g/mol. The Labute approximate surface area is 280 Å². The number of aliphatic hydroxyl groups is 2. The van der Waals surface area contributed by atoms with E-state index in [1.165, 1.54) is 38.5 Å². The van der Waals surface area contributed by atoms with Gasteiger partial charge in [0.1, 0.15) is 11.7 Å². The van der Waals surface area contributed by atoms with E-state index in [2.05, 4.69) is 16.8 Å². The Bertz CT molecular complexity index is 1290. The van der Waals surface area contributed by atoms with Crippen molar-refractivity contribution in [3.63, 3.8) is 0 Å². The van der Waals surface area contributed by atoms with E-state index in [0.29, 0.717) is 19.1 Å². The molecule has 258 valence electrons. The second kappa shape index (κ2) is 15.5. The topological polar surface area (TPSA) is 112 Å². The number of nitrogens with zero attached hydrogens (tertiary/aromatic N) is 3. The number of cyclic esters (lactones) is 1. The molecule has 1 aromatic rings. The molecular formula is C38H55N3O6. The predicted molar refractivity (Wildman–Crippen MR) is 182 cm³/mol. The molecule has 0 bridgehead atoms. The van der Waals surface area contributed by atoms with Crippen LogP contribution < -0.4 is 0 Å². The molecule has 1 amide bonds. The number of esters is 1. The first-order valence-electron chi connectivity index (χ1n) is 17.7. The third kappa shape index (κ3) is 9.12. The highest BCUT2D eigenvalue weighted by atomic mass is 16.6. The smallest absolute Gasteiger partial charge is 0.410 e. The summed E-state index contributed by atoms with van der Waals surface area (Å²) in [5.74, 6) is -0.678. The number of allylic oxidation sites excluding steroid dienone is 3. The second-order valence-electron chi connectivity index (χ2n) is 15.0. The van der Waals surface area contributed by atoms with Crippen LogP contribution in [0.2, 0.25) is 0 Å². The second-order valence-corrected chi connectivity index (χ2v) is 15.0. The number of carbonyl (C=O) groups excluding carboxylic acids is 2. The number of amides is 1. The number of hydrogen-bond acceptors (Lipinski definition) is 8. The Morgan fingerprint density at radius 3 is 2.51 bits per heavy atom. The van der Waals surface area contributed by atoms with Crippen LogP contribution in [0.5, 0.6) is 0 Å². The molecule has 5 rings (SSSR count). The summed E-state index contributed by atoms with van der Waals surface area (Å²) < 4.78 is 11.9. The molecule has 0 radical (unpaired) electrons. The number of likely N-dealkylation sites (tertiary alicyclic amines) is 2. The third-order valence-electron chi connectivity index (χ3n) is 10.6. The molecule has 1 aromatic heterocycles. The molecule has 0 unspecified atom stereocenters. The number of ether oxygens (including phenoxy) is 2. The van der Waals surface area contributed by atoms with Gasteiger partial charge in [0.05, 0.1) is 12.5 Å². The molecule has 2 saturated heterocycles. The summed E-state index contributed by atoms with van der Waals surface area (Å²) in [6, 6.07) is 6.52. The summed E-state index contributed by atoms with van der Waals surface area (Å²) in [4.78, 5) is 35.0. The van der Waals surface area contributed by atoms with E-state index < -0.39 is 36.0 Å². The van der Waals surface area contributed by atoms with Gasteiger partial charge in [0, 0.05) is 61.4 Å². The number of rotatable bonds is 6. The average Bonchev–Trinajstić information content (AvgIpc) is 3.28. The number of aromatic nitrogens is 1. The van der Waals surface area contributed by atoms with Crippen molar-refractivity contribution < 1.29 is 29.3 Å². The van der Waals surface area contributed by atoms with Gasteiger partial charge in [0.2, 0.25) is 0 Å². The van der Waals surface area contributed by atoms with Crippen molar-refractivity contribution in [2.45, 2.75) is 121 Å². The minimum atomic E-state index is -1.43. The molecule has 9 nitrogen and oxygen atoms in total. The molecule has 3 aliphatic heterocycles. The van der Waals surface area contributed by atoms with Gasteiger partial charge in [-0.1, -0.05) is 69.9 Å². The number of aliphatic hydroxyl groups excluding tert-OH is 1. The highest BCUT2D eigenvalue weighted by Crippen LogP contribution is 2.43. The van der Waals surface area contributed by atoms with Crippen molar-refractivity contribution in [2.75, 3.05) is 26.2 Å². The van der Waals surface area contributed by atoms with Gasteiger partial charge in [-0.25, -0.2) is 4.79 Å². The third-order valence-corrected chi connectivity index (χ3v) is 10.6. The van der Waals surface area contributed by atoms with Crippen molar-refractivity contribution in [1.29, 1.82) is 0 Å². The summed E-state index contributed by atoms with van der Waals surface area (Å²) in [5.41, 5.74) is 0.523. The molecule has 4 heterocycles. The first-order chi connectivity index (χ1) is 22.4. The van der Waals surface area contributed by atoms with Crippen LogP contribution in [0, 0.1) is 11.3 Å². The molecule has 0 aromatic carbocycles. The molecule has 9 heteroatoms. The molecule has 47 heavy (non-hydrogen) atoms. The minimum Gasteiger partial charge on any atom is -0.457 e. The van der Waals surface area contributed by atoms with Crippen molar-refractivity contribution in [2.24, 2.45) is 11.3 Å². The van der Waals surface area contributed by atoms with E-state index in [-0.39, 0.29) is 36.5 Å². The summed E-state index contributed by atoms with van der Waals surface area (Å²) in [6.07, 6.45) is 16.3. The minimum absolute atomic E-state index is 0.107. The molecule has 4 aliphatic rings. The van der Waals surface area contributed by atoms with E-state index in [0.717, 1.165) is 24.4 Å². The molecule has 1 spiro atoms. The molecule has 2 N–H and O–H groups in total. The van der Waals surface area contributed by atoms with E-state index in [1.54, 1.807) is 24.1 Å². The Morgan fingerprint density at radius 2 is 1.83 bits per heavy atom. The van der Waals surface area contributed by atoms with Gasteiger partial charge < -0.3 is 24.6 Å². The zero-order chi connectivity index (χ0) is 33.6. The first kappa shape index (κ1) is 35.3. The van der Waals surface area contributed by atoms with Crippen LogP contribution in [0.1, 0.15) is 97.1 Å². The zero-order valence-electron chi connectivity index (χ0n) is 28.7. The summed E-state index contributed by atoms with van der Waals surface area (Å²) >= 11 is 0. The maximum Gasteiger partial charge on any atom is 0.410 e. The van der Waals surface area contributed by atoms with Crippen LogP contribution >= 0.6 is 0 Å². The molecule has 6 atom stereocenters. The lowest BCUT2D eigenvalue weighted by Gasteiger charge is -2.61. The van der Waals surface area contributed by atoms with Gasteiger partial charge in [-0.15, -0.1) is 0 Å². The maximum absolute atomic E-state index is 13.4. The zero-order valence-corrected chi connectivity index (χ0v) is 28.7. The Kier molecular flexibility index (Phi) is 11.6. The predicted octanol–water partition coefficient (Wildman–Crippen LogP) is 5.93. The number of hydrogen-bond donors (Lipinski definition) is 2. The van der Waals surface area contributed by atoms with Crippen molar-refractivity contribution in [1.82, 2.24) is 14.8 Å². The van der Waals surface area contributed by atoms with E-state index in [9.17, 15) is 19.8 Å². The molecule has 3 fully saturated rings. The van der Waals surface area contributed by atoms with Crippen molar-refractivity contribution >= 4 is 12.1 Å². The van der Waals surface area contributed by atoms with Crippen LogP contribution in [0.3, 0.4) is 0 Å².